The Bertz CT molecular complexity index is 1210. The van der Waals surface area contributed by atoms with Crippen molar-refractivity contribution in [1.29, 1.82) is 0 Å². The Morgan fingerprint density at radius 2 is 2.00 bits per heavy atom. The fourth-order valence-corrected chi connectivity index (χ4v) is 3.76. The highest BCUT2D eigenvalue weighted by molar-refractivity contribution is 7.92. The van der Waals surface area contributed by atoms with E-state index in [2.05, 4.69) is 10.0 Å². The van der Waals surface area contributed by atoms with E-state index in [9.17, 15) is 18.0 Å². The number of fused-ring (bicyclic) bond motifs is 2. The van der Waals surface area contributed by atoms with Crippen LogP contribution >= 0.6 is 0 Å². The normalized spacial score (nSPS) is 13.8. The average molecular weight is 375 g/mol. The number of hydrogen-bond donors (Lipinski definition) is 2. The molecule has 1 aromatic heterocycles. The number of carbonyl (C=O) groups is 1. The lowest BCUT2D eigenvalue weighted by molar-refractivity contribution is -0.118. The summed E-state index contributed by atoms with van der Waals surface area (Å²) in [4.78, 5) is 22.9. The molecule has 0 radical (unpaired) electrons. The largest absolute Gasteiger partial charge is 0.479 e. The van der Waals surface area contributed by atoms with Crippen LogP contribution in [-0.4, -0.2) is 25.5 Å². The number of nitrogens with one attached hydrogen (secondary N) is 2. The Hall–Kier alpha value is -3.27. The van der Waals surface area contributed by atoms with Crippen LogP contribution in [0.15, 0.2) is 50.5 Å². The first-order valence-electron chi connectivity index (χ1n) is 7.53. The van der Waals surface area contributed by atoms with E-state index in [1.165, 1.54) is 35.9 Å². The maximum atomic E-state index is 12.7. The van der Waals surface area contributed by atoms with E-state index in [0.717, 1.165) is 0 Å². The number of sulfonamides is 1. The third kappa shape index (κ3) is 2.60. The van der Waals surface area contributed by atoms with E-state index in [4.69, 9.17) is 9.15 Å². The lowest BCUT2D eigenvalue weighted by Crippen LogP contribution is -2.26. The van der Waals surface area contributed by atoms with E-state index in [-0.39, 0.29) is 34.4 Å². The van der Waals surface area contributed by atoms with Gasteiger partial charge in [-0.1, -0.05) is 6.07 Å². The number of rotatable bonds is 3. The van der Waals surface area contributed by atoms with Crippen LogP contribution in [0.3, 0.4) is 0 Å². The minimum absolute atomic E-state index is 0.0724. The SMILES string of the molecule is Cn1c(=O)oc2cc(S(=O)(=O)Nc3cccc4c3OCC(=O)N4)ccc21. The van der Waals surface area contributed by atoms with E-state index in [0.29, 0.717) is 11.2 Å². The molecule has 0 fully saturated rings. The number of nitrogens with zero attached hydrogens (tertiary/aromatic N) is 1. The Morgan fingerprint density at radius 1 is 1.19 bits per heavy atom. The Balaban J connectivity index is 1.73. The standard InChI is InChI=1S/C16H13N3O6S/c1-19-12-6-5-9(7-13(12)25-16(19)21)26(22,23)18-11-4-2-3-10-15(11)24-8-14(20)17-10/h2-7,18H,8H2,1H3,(H,17,20). The molecule has 1 amide bonds. The van der Waals surface area contributed by atoms with Crippen LogP contribution in [0.5, 0.6) is 5.75 Å². The summed E-state index contributed by atoms with van der Waals surface area (Å²) in [6.45, 7) is -0.202. The molecular weight excluding hydrogens is 362 g/mol. The average Bonchev–Trinajstić information content (AvgIpc) is 2.88. The van der Waals surface area contributed by atoms with Gasteiger partial charge in [0.1, 0.15) is 0 Å². The van der Waals surface area contributed by atoms with Crippen molar-refractivity contribution < 1.29 is 22.4 Å². The van der Waals surface area contributed by atoms with Crippen molar-refractivity contribution in [3.63, 3.8) is 0 Å². The number of hydrogen-bond acceptors (Lipinski definition) is 6. The van der Waals surface area contributed by atoms with Gasteiger partial charge in [0.2, 0.25) is 0 Å². The molecule has 26 heavy (non-hydrogen) atoms. The van der Waals surface area contributed by atoms with Gasteiger partial charge in [0, 0.05) is 13.1 Å². The van der Waals surface area contributed by atoms with Gasteiger partial charge in [0.05, 0.1) is 21.8 Å². The third-order valence-electron chi connectivity index (χ3n) is 3.96. The number of aryl methyl sites for hydroxylation is 1. The second-order valence-corrected chi connectivity index (χ2v) is 7.36. The molecule has 2 aromatic carbocycles. The van der Waals surface area contributed by atoms with Gasteiger partial charge in [-0.25, -0.2) is 13.2 Å². The number of para-hydroxylation sites is 1. The summed E-state index contributed by atoms with van der Waals surface area (Å²) in [5.74, 6) is -0.658. The molecule has 0 saturated carbocycles. The van der Waals surface area contributed by atoms with Crippen molar-refractivity contribution in [3.05, 3.63) is 46.9 Å². The summed E-state index contributed by atoms with van der Waals surface area (Å²) in [6.07, 6.45) is 0. The second kappa shape index (κ2) is 5.63. The van der Waals surface area contributed by atoms with Gasteiger partial charge in [-0.3, -0.25) is 14.1 Å². The molecule has 0 aliphatic carbocycles. The zero-order valence-electron chi connectivity index (χ0n) is 13.5. The molecule has 10 heteroatoms. The van der Waals surface area contributed by atoms with Gasteiger partial charge < -0.3 is 14.5 Å². The molecule has 1 aliphatic rings. The van der Waals surface area contributed by atoms with Crippen LogP contribution in [0, 0.1) is 0 Å². The first-order valence-corrected chi connectivity index (χ1v) is 9.01. The highest BCUT2D eigenvalue weighted by Crippen LogP contribution is 2.36. The highest BCUT2D eigenvalue weighted by atomic mass is 32.2. The minimum Gasteiger partial charge on any atom is -0.479 e. The zero-order chi connectivity index (χ0) is 18.5. The van der Waals surface area contributed by atoms with E-state index in [1.807, 2.05) is 0 Å². The maximum absolute atomic E-state index is 12.7. The first kappa shape index (κ1) is 16.2. The number of ether oxygens (including phenoxy) is 1. The molecule has 0 spiro atoms. The topological polar surface area (TPSA) is 120 Å². The summed E-state index contributed by atoms with van der Waals surface area (Å²) in [6, 6.07) is 8.86. The molecule has 9 nitrogen and oxygen atoms in total. The van der Waals surface area contributed by atoms with Crippen LogP contribution in [0.4, 0.5) is 11.4 Å². The summed E-state index contributed by atoms with van der Waals surface area (Å²) < 4.78 is 39.5. The van der Waals surface area contributed by atoms with Gasteiger partial charge in [-0.05, 0) is 24.3 Å². The van der Waals surface area contributed by atoms with Crippen molar-refractivity contribution in [2.45, 2.75) is 4.90 Å². The van der Waals surface area contributed by atoms with Crippen molar-refractivity contribution in [2.24, 2.45) is 7.05 Å². The van der Waals surface area contributed by atoms with E-state index < -0.39 is 15.8 Å². The summed E-state index contributed by atoms with van der Waals surface area (Å²) in [5.41, 5.74) is 1.22. The van der Waals surface area contributed by atoms with Crippen molar-refractivity contribution in [3.8, 4) is 5.75 Å². The van der Waals surface area contributed by atoms with Gasteiger partial charge in [0.25, 0.3) is 15.9 Å². The Morgan fingerprint density at radius 3 is 2.81 bits per heavy atom. The van der Waals surface area contributed by atoms with Crippen molar-refractivity contribution in [1.82, 2.24) is 4.57 Å². The Labute approximate surface area is 147 Å². The number of oxazole rings is 1. The smallest absolute Gasteiger partial charge is 0.419 e. The molecule has 2 N–H and O–H groups in total. The van der Waals surface area contributed by atoms with Crippen LogP contribution < -0.4 is 20.5 Å². The maximum Gasteiger partial charge on any atom is 0.419 e. The monoisotopic (exact) mass is 375 g/mol. The van der Waals surface area contributed by atoms with Crippen LogP contribution in [-0.2, 0) is 21.9 Å². The Kier molecular flexibility index (Phi) is 3.51. The van der Waals surface area contributed by atoms with Gasteiger partial charge in [-0.15, -0.1) is 0 Å². The lowest BCUT2D eigenvalue weighted by atomic mass is 10.2. The number of aromatic nitrogens is 1. The van der Waals surface area contributed by atoms with Crippen LogP contribution in [0.1, 0.15) is 0 Å². The molecule has 0 atom stereocenters. The molecule has 2 heterocycles. The fourth-order valence-electron chi connectivity index (χ4n) is 2.68. The lowest BCUT2D eigenvalue weighted by Gasteiger charge is -2.21. The predicted octanol–water partition coefficient (Wildman–Crippen LogP) is 1.26. The zero-order valence-corrected chi connectivity index (χ0v) is 14.3. The van der Waals surface area contributed by atoms with Crippen molar-refractivity contribution >= 4 is 38.4 Å². The molecule has 0 unspecified atom stereocenters. The van der Waals surface area contributed by atoms with Gasteiger partial charge in [-0.2, -0.15) is 0 Å². The number of anilines is 2. The number of amides is 1. The van der Waals surface area contributed by atoms with Gasteiger partial charge >= 0.3 is 5.76 Å². The molecule has 3 aromatic rings. The third-order valence-corrected chi connectivity index (χ3v) is 5.32. The molecule has 0 saturated heterocycles. The van der Waals surface area contributed by atoms with Crippen LogP contribution in [0.2, 0.25) is 0 Å². The van der Waals surface area contributed by atoms with E-state index in [1.54, 1.807) is 12.1 Å². The first-order chi connectivity index (χ1) is 12.3. The number of carbonyl (C=O) groups excluding carboxylic acids is 1. The second-order valence-electron chi connectivity index (χ2n) is 5.68. The van der Waals surface area contributed by atoms with Crippen molar-refractivity contribution in [2.75, 3.05) is 16.6 Å². The summed E-state index contributed by atoms with van der Waals surface area (Å²) in [7, 11) is -2.44. The molecular formula is C16H13N3O6S. The molecule has 1 aliphatic heterocycles. The molecule has 4 rings (SSSR count). The highest BCUT2D eigenvalue weighted by Gasteiger charge is 2.23. The van der Waals surface area contributed by atoms with Gasteiger partial charge in [0.15, 0.2) is 17.9 Å². The summed E-state index contributed by atoms with van der Waals surface area (Å²) >= 11 is 0. The van der Waals surface area contributed by atoms with E-state index >= 15 is 0 Å². The molecule has 134 valence electrons. The minimum atomic E-state index is -3.97. The van der Waals surface area contributed by atoms with Crippen LogP contribution in [0.25, 0.3) is 11.1 Å². The fraction of sp³-hybridized carbons (Fsp3) is 0.125. The quantitative estimate of drug-likeness (QED) is 0.711. The number of benzene rings is 2. The molecule has 0 bridgehead atoms. The predicted molar refractivity (Wildman–Crippen MR) is 92.8 cm³/mol. The summed E-state index contributed by atoms with van der Waals surface area (Å²) in [5, 5.41) is 2.61.